The average molecular weight is 405 g/mol. The largest absolute Gasteiger partial charge is 0.421 e. The third kappa shape index (κ3) is 4.05. The van der Waals surface area contributed by atoms with Gasteiger partial charge < -0.3 is 19.3 Å². The molecule has 150 valence electrons. The van der Waals surface area contributed by atoms with Gasteiger partial charge in [0.05, 0.1) is 19.1 Å². The summed E-state index contributed by atoms with van der Waals surface area (Å²) in [5.41, 5.74) is 1.25. The minimum atomic E-state index is -1.46. The number of aliphatic hydroxyl groups is 1. The molecule has 28 heavy (non-hydrogen) atoms. The predicted octanol–water partition coefficient (Wildman–Crippen LogP) is 2.06. The molecular formula is C20H23NO6S. The summed E-state index contributed by atoms with van der Waals surface area (Å²) in [6.45, 7) is 2.22. The van der Waals surface area contributed by atoms with Crippen LogP contribution in [0.15, 0.2) is 29.6 Å². The summed E-state index contributed by atoms with van der Waals surface area (Å²) >= 11 is 1.74. The van der Waals surface area contributed by atoms with E-state index in [0.29, 0.717) is 39.1 Å². The lowest BCUT2D eigenvalue weighted by atomic mass is 10.0. The Kier molecular flexibility index (Phi) is 5.63. The van der Waals surface area contributed by atoms with Crippen molar-refractivity contribution >= 4 is 33.4 Å². The van der Waals surface area contributed by atoms with Crippen LogP contribution in [-0.2, 0) is 30.2 Å². The van der Waals surface area contributed by atoms with E-state index in [2.05, 4.69) is 29.6 Å². The second-order valence-electron chi connectivity index (χ2n) is 7.13. The molecule has 0 bridgehead atoms. The normalized spacial score (nSPS) is 22.0. The van der Waals surface area contributed by atoms with E-state index in [1.165, 1.54) is 15.6 Å². The van der Waals surface area contributed by atoms with Gasteiger partial charge in [0.2, 0.25) is 0 Å². The Morgan fingerprint density at radius 3 is 2.86 bits per heavy atom. The summed E-state index contributed by atoms with van der Waals surface area (Å²) in [6, 6.07) is 8.59. The summed E-state index contributed by atoms with van der Waals surface area (Å²) in [5.74, 6) is -3.46. The molecular weight excluding hydrogens is 382 g/mol. The van der Waals surface area contributed by atoms with Crippen LogP contribution >= 0.6 is 11.3 Å². The van der Waals surface area contributed by atoms with Gasteiger partial charge in [0.15, 0.2) is 0 Å². The third-order valence-corrected chi connectivity index (χ3v) is 6.05. The van der Waals surface area contributed by atoms with Crippen molar-refractivity contribution in [2.45, 2.75) is 37.7 Å². The van der Waals surface area contributed by atoms with Crippen molar-refractivity contribution in [3.05, 3.63) is 35.2 Å². The molecule has 1 unspecified atom stereocenters. The van der Waals surface area contributed by atoms with Crippen LogP contribution in [0.1, 0.15) is 24.8 Å². The highest BCUT2D eigenvalue weighted by atomic mass is 32.1. The Bertz CT molecular complexity index is 849. The lowest BCUT2D eigenvalue weighted by Gasteiger charge is -2.42. The topological polar surface area (TPSA) is 85.3 Å². The molecule has 0 saturated carbocycles. The fraction of sp³-hybridized carbons (Fsp3) is 0.500. The predicted molar refractivity (Wildman–Crippen MR) is 103 cm³/mol. The van der Waals surface area contributed by atoms with Gasteiger partial charge in [-0.2, -0.15) is 0 Å². The van der Waals surface area contributed by atoms with Crippen LogP contribution in [0.2, 0.25) is 0 Å². The number of hydrogen-bond donors (Lipinski definition) is 1. The molecule has 2 fully saturated rings. The number of esters is 2. The molecule has 1 aromatic heterocycles. The average Bonchev–Trinajstić information content (AvgIpc) is 3.23. The maximum Gasteiger partial charge on any atom is 0.421 e. The molecule has 1 spiro atoms. The smallest absolute Gasteiger partial charge is 0.400 e. The summed E-state index contributed by atoms with van der Waals surface area (Å²) in [6.07, 6.45) is 1.52. The number of carbonyl (C=O) groups excluding carboxylic acids is 2. The van der Waals surface area contributed by atoms with Gasteiger partial charge in [-0.3, -0.25) is 0 Å². The van der Waals surface area contributed by atoms with Gasteiger partial charge in [0, 0.05) is 24.4 Å². The van der Waals surface area contributed by atoms with Crippen LogP contribution in [0.3, 0.4) is 0 Å². The zero-order valence-corrected chi connectivity index (χ0v) is 16.3. The van der Waals surface area contributed by atoms with Crippen molar-refractivity contribution in [2.24, 2.45) is 0 Å². The molecule has 1 atom stereocenters. The molecule has 3 heterocycles. The van der Waals surface area contributed by atoms with Crippen LogP contribution in [0.25, 0.3) is 10.1 Å². The van der Waals surface area contributed by atoms with E-state index in [9.17, 15) is 14.7 Å². The van der Waals surface area contributed by atoms with E-state index in [4.69, 9.17) is 14.2 Å². The number of nitrogens with zero attached hydrogens (tertiary/aromatic N) is 1. The van der Waals surface area contributed by atoms with Crippen molar-refractivity contribution in [3.8, 4) is 0 Å². The molecule has 7 nitrogen and oxygen atoms in total. The minimum Gasteiger partial charge on any atom is -0.400 e. The number of benzene rings is 1. The summed E-state index contributed by atoms with van der Waals surface area (Å²) < 4.78 is 17.4. The first-order valence-corrected chi connectivity index (χ1v) is 10.4. The number of fused-ring (bicyclic) bond motifs is 1. The monoisotopic (exact) mass is 405 g/mol. The number of aliphatic hydroxyl groups excluding tert-OH is 1. The van der Waals surface area contributed by atoms with Crippen LogP contribution in [-0.4, -0.2) is 60.3 Å². The van der Waals surface area contributed by atoms with Crippen molar-refractivity contribution < 1.29 is 28.9 Å². The maximum absolute atomic E-state index is 11.5. The van der Waals surface area contributed by atoms with Crippen molar-refractivity contribution in [3.63, 3.8) is 0 Å². The Morgan fingerprint density at radius 1 is 1.21 bits per heavy atom. The SMILES string of the molecule is O=C1OC2(CC(O)CCN2CCCOCCc2ccc3sccc3c2)OC1=O. The quantitative estimate of drug-likeness (QED) is 0.429. The van der Waals surface area contributed by atoms with Gasteiger partial charge in [0.25, 0.3) is 0 Å². The molecule has 8 heteroatoms. The fourth-order valence-electron chi connectivity index (χ4n) is 3.71. The van der Waals surface area contributed by atoms with E-state index < -0.39 is 24.0 Å². The first kappa shape index (κ1) is 19.3. The van der Waals surface area contributed by atoms with Crippen molar-refractivity contribution in [2.75, 3.05) is 26.3 Å². The molecule has 0 amide bonds. The molecule has 0 radical (unpaired) electrons. The highest BCUT2D eigenvalue weighted by Crippen LogP contribution is 2.35. The Hall–Kier alpha value is -2.00. The second-order valence-corrected chi connectivity index (χ2v) is 8.08. The zero-order chi connectivity index (χ0) is 19.6. The molecule has 0 aliphatic carbocycles. The van der Waals surface area contributed by atoms with Gasteiger partial charge in [-0.05, 0) is 47.7 Å². The van der Waals surface area contributed by atoms with Gasteiger partial charge in [-0.1, -0.05) is 12.1 Å². The van der Waals surface area contributed by atoms with E-state index in [-0.39, 0.29) is 6.42 Å². The number of likely N-dealkylation sites (tertiary alicyclic amines) is 1. The summed E-state index contributed by atoms with van der Waals surface area (Å²) in [7, 11) is 0. The lowest BCUT2D eigenvalue weighted by molar-refractivity contribution is -0.276. The fourth-order valence-corrected chi connectivity index (χ4v) is 4.48. The summed E-state index contributed by atoms with van der Waals surface area (Å²) in [4.78, 5) is 24.8. The van der Waals surface area contributed by atoms with Gasteiger partial charge in [-0.25, -0.2) is 14.5 Å². The van der Waals surface area contributed by atoms with Crippen LogP contribution in [0.4, 0.5) is 0 Å². The number of ether oxygens (including phenoxy) is 3. The number of rotatable bonds is 7. The molecule has 2 aliphatic rings. The Balaban J connectivity index is 1.22. The number of thiophene rings is 1. The van der Waals surface area contributed by atoms with Crippen LogP contribution < -0.4 is 0 Å². The number of piperidine rings is 1. The number of hydrogen-bond acceptors (Lipinski definition) is 8. The molecule has 1 aromatic carbocycles. The molecule has 2 aromatic rings. The summed E-state index contributed by atoms with van der Waals surface area (Å²) in [5, 5.41) is 13.3. The van der Waals surface area contributed by atoms with E-state index in [0.717, 1.165) is 6.42 Å². The Morgan fingerprint density at radius 2 is 2.04 bits per heavy atom. The second kappa shape index (κ2) is 8.16. The lowest BCUT2D eigenvalue weighted by Crippen LogP contribution is -2.56. The molecule has 2 saturated heterocycles. The standard InChI is InChI=1S/C20H23NO6S/c22-16-4-8-21(20(13-16)26-18(23)19(24)27-20)7-1-9-25-10-5-14-2-3-17-15(12-14)6-11-28-17/h2-3,6,11-12,16,22H,1,4-5,7-10,13H2. The highest BCUT2D eigenvalue weighted by molar-refractivity contribution is 7.17. The van der Waals surface area contributed by atoms with E-state index in [1.54, 1.807) is 16.2 Å². The first-order chi connectivity index (χ1) is 13.6. The maximum atomic E-state index is 11.5. The minimum absolute atomic E-state index is 0.0798. The van der Waals surface area contributed by atoms with Crippen LogP contribution in [0.5, 0.6) is 0 Å². The van der Waals surface area contributed by atoms with Gasteiger partial charge in [0.1, 0.15) is 0 Å². The van der Waals surface area contributed by atoms with Gasteiger partial charge >= 0.3 is 17.8 Å². The van der Waals surface area contributed by atoms with E-state index in [1.807, 2.05) is 0 Å². The van der Waals surface area contributed by atoms with Gasteiger partial charge in [-0.15, -0.1) is 11.3 Å². The first-order valence-electron chi connectivity index (χ1n) is 9.49. The van der Waals surface area contributed by atoms with Crippen LogP contribution in [0, 0.1) is 0 Å². The Labute approximate surface area is 166 Å². The molecule has 1 N–H and O–H groups in total. The molecule has 2 aliphatic heterocycles. The highest BCUT2D eigenvalue weighted by Gasteiger charge is 2.55. The van der Waals surface area contributed by atoms with E-state index >= 15 is 0 Å². The van der Waals surface area contributed by atoms with Crippen molar-refractivity contribution in [1.82, 2.24) is 4.90 Å². The molecule has 4 rings (SSSR count). The van der Waals surface area contributed by atoms with Crippen molar-refractivity contribution in [1.29, 1.82) is 0 Å². The third-order valence-electron chi connectivity index (χ3n) is 5.15. The number of carbonyl (C=O) groups is 2. The zero-order valence-electron chi connectivity index (χ0n) is 15.5.